The average Bonchev–Trinajstić information content (AvgIpc) is 2.18. The van der Waals surface area contributed by atoms with Crippen LogP contribution in [0.2, 0.25) is 0 Å². The van der Waals surface area contributed by atoms with E-state index in [0.717, 1.165) is 12.3 Å². The van der Waals surface area contributed by atoms with E-state index < -0.39 is 0 Å². The molecule has 0 aromatic carbocycles. The molecule has 0 spiro atoms. The fourth-order valence-corrected chi connectivity index (χ4v) is 2.23. The molecule has 1 amide bonds. The van der Waals surface area contributed by atoms with Crippen molar-refractivity contribution in [2.24, 2.45) is 0 Å². The summed E-state index contributed by atoms with van der Waals surface area (Å²) in [4.78, 5) is 11.8. The number of carbonyl (C=O) groups excluding carboxylic acids is 1. The second-order valence-electron chi connectivity index (χ2n) is 3.87. The molecule has 6 heteroatoms. The average molecular weight is 269 g/mol. The Balaban J connectivity index is 0.00000225. The van der Waals surface area contributed by atoms with E-state index in [2.05, 4.69) is 10.6 Å². The minimum absolute atomic E-state index is 0. The number of thioether (sulfide) groups is 1. The Kier molecular flexibility index (Phi) is 8.18. The van der Waals surface area contributed by atoms with E-state index in [9.17, 15) is 4.79 Å². The lowest BCUT2D eigenvalue weighted by Crippen LogP contribution is -2.56. The Labute approximate surface area is 108 Å². The third kappa shape index (κ3) is 4.91. The summed E-state index contributed by atoms with van der Waals surface area (Å²) in [6.07, 6.45) is 1.99. The SMILES string of the molecule is CSCC(C)NC(=O)[C@H]1NCCO[C@@H]1C.Cl. The zero-order chi connectivity index (χ0) is 11.3. The summed E-state index contributed by atoms with van der Waals surface area (Å²) in [5, 5.41) is 6.15. The van der Waals surface area contributed by atoms with Gasteiger partial charge in [0.15, 0.2) is 0 Å². The number of hydrogen-bond donors (Lipinski definition) is 2. The first-order valence-electron chi connectivity index (χ1n) is 5.29. The molecule has 1 saturated heterocycles. The summed E-state index contributed by atoms with van der Waals surface area (Å²) in [6.45, 7) is 5.38. The lowest BCUT2D eigenvalue weighted by molar-refractivity contribution is -0.129. The van der Waals surface area contributed by atoms with E-state index in [-0.39, 0.29) is 36.5 Å². The lowest BCUT2D eigenvalue weighted by atomic mass is 10.1. The van der Waals surface area contributed by atoms with Gasteiger partial charge in [0.25, 0.3) is 0 Å². The van der Waals surface area contributed by atoms with Crippen LogP contribution in [-0.4, -0.2) is 49.3 Å². The van der Waals surface area contributed by atoms with E-state index in [4.69, 9.17) is 4.74 Å². The summed E-state index contributed by atoms with van der Waals surface area (Å²) in [6, 6.07) is 0.00600. The first-order valence-corrected chi connectivity index (χ1v) is 6.69. The number of hydrogen-bond acceptors (Lipinski definition) is 4. The van der Waals surface area contributed by atoms with Crippen molar-refractivity contribution in [2.45, 2.75) is 32.0 Å². The molecular formula is C10H21ClN2O2S. The molecule has 4 nitrogen and oxygen atoms in total. The first kappa shape index (κ1) is 16.0. The van der Waals surface area contributed by atoms with Crippen LogP contribution >= 0.6 is 24.2 Å². The highest BCUT2D eigenvalue weighted by molar-refractivity contribution is 7.98. The van der Waals surface area contributed by atoms with Gasteiger partial charge in [-0.05, 0) is 20.1 Å². The second-order valence-corrected chi connectivity index (χ2v) is 4.78. The molecule has 1 aliphatic heterocycles. The zero-order valence-corrected chi connectivity index (χ0v) is 11.6. The molecule has 0 aliphatic carbocycles. The topological polar surface area (TPSA) is 50.4 Å². The molecule has 1 fully saturated rings. The normalized spacial score (nSPS) is 26.7. The molecule has 16 heavy (non-hydrogen) atoms. The summed E-state index contributed by atoms with van der Waals surface area (Å²) < 4.78 is 5.42. The quantitative estimate of drug-likeness (QED) is 0.786. The van der Waals surface area contributed by atoms with Crippen LogP contribution in [0.25, 0.3) is 0 Å². The van der Waals surface area contributed by atoms with Crippen LogP contribution in [0.4, 0.5) is 0 Å². The van der Waals surface area contributed by atoms with Crippen LogP contribution in [0.5, 0.6) is 0 Å². The summed E-state index contributed by atoms with van der Waals surface area (Å²) in [5.41, 5.74) is 0. The number of morpholine rings is 1. The van der Waals surface area contributed by atoms with Gasteiger partial charge in [0.2, 0.25) is 5.91 Å². The highest BCUT2D eigenvalue weighted by atomic mass is 35.5. The molecular weight excluding hydrogens is 248 g/mol. The predicted molar refractivity (Wildman–Crippen MR) is 70.4 cm³/mol. The maximum atomic E-state index is 11.8. The van der Waals surface area contributed by atoms with Crippen LogP contribution in [0, 0.1) is 0 Å². The van der Waals surface area contributed by atoms with Gasteiger partial charge < -0.3 is 15.4 Å². The molecule has 1 aliphatic rings. The largest absolute Gasteiger partial charge is 0.375 e. The highest BCUT2D eigenvalue weighted by Crippen LogP contribution is 2.05. The molecule has 1 heterocycles. The Hall–Kier alpha value is 0.0300. The van der Waals surface area contributed by atoms with Gasteiger partial charge in [0.1, 0.15) is 6.04 Å². The van der Waals surface area contributed by atoms with Crippen molar-refractivity contribution in [3.8, 4) is 0 Å². The number of halogens is 1. The molecule has 0 aromatic heterocycles. The van der Waals surface area contributed by atoms with Crippen LogP contribution in [-0.2, 0) is 9.53 Å². The third-order valence-corrected chi connectivity index (χ3v) is 3.24. The summed E-state index contributed by atoms with van der Waals surface area (Å²) >= 11 is 1.73. The van der Waals surface area contributed by atoms with E-state index in [1.807, 2.05) is 20.1 Å². The Morgan fingerprint density at radius 2 is 2.38 bits per heavy atom. The fourth-order valence-electron chi connectivity index (χ4n) is 1.65. The maximum absolute atomic E-state index is 11.8. The smallest absolute Gasteiger partial charge is 0.240 e. The first-order chi connectivity index (χ1) is 7.15. The summed E-state index contributed by atoms with van der Waals surface area (Å²) in [7, 11) is 0. The fraction of sp³-hybridized carbons (Fsp3) is 0.900. The van der Waals surface area contributed by atoms with Crippen LogP contribution < -0.4 is 10.6 Å². The van der Waals surface area contributed by atoms with Gasteiger partial charge in [-0.3, -0.25) is 4.79 Å². The minimum atomic E-state index is -0.206. The highest BCUT2D eigenvalue weighted by Gasteiger charge is 2.28. The standard InChI is InChI=1S/C10H20N2O2S.ClH/c1-7(6-15-3)12-10(13)9-8(2)14-5-4-11-9;/h7-9,11H,4-6H2,1-3H3,(H,12,13);1H/t7?,8-,9+;/m1./s1. The Morgan fingerprint density at radius 3 is 2.94 bits per heavy atom. The third-order valence-electron chi connectivity index (χ3n) is 2.40. The minimum Gasteiger partial charge on any atom is -0.375 e. The van der Waals surface area contributed by atoms with E-state index >= 15 is 0 Å². The molecule has 96 valence electrons. The number of ether oxygens (including phenoxy) is 1. The monoisotopic (exact) mass is 268 g/mol. The lowest BCUT2D eigenvalue weighted by Gasteiger charge is -2.30. The molecule has 3 atom stereocenters. The Bertz CT molecular complexity index is 219. The van der Waals surface area contributed by atoms with Crippen molar-refractivity contribution in [3.63, 3.8) is 0 Å². The van der Waals surface area contributed by atoms with Crippen LogP contribution in [0.15, 0.2) is 0 Å². The van der Waals surface area contributed by atoms with Crippen molar-refractivity contribution in [2.75, 3.05) is 25.2 Å². The van der Waals surface area contributed by atoms with Crippen molar-refractivity contribution in [3.05, 3.63) is 0 Å². The number of amides is 1. The maximum Gasteiger partial charge on any atom is 0.240 e. The van der Waals surface area contributed by atoms with Gasteiger partial charge in [-0.25, -0.2) is 0 Å². The molecule has 0 aromatic rings. The molecule has 0 saturated carbocycles. The predicted octanol–water partition coefficient (Wildman–Crippen LogP) is 0.653. The van der Waals surface area contributed by atoms with Crippen molar-refractivity contribution >= 4 is 30.1 Å². The van der Waals surface area contributed by atoms with Crippen molar-refractivity contribution < 1.29 is 9.53 Å². The van der Waals surface area contributed by atoms with Gasteiger partial charge in [0, 0.05) is 18.3 Å². The molecule has 1 unspecified atom stereocenters. The van der Waals surface area contributed by atoms with Crippen molar-refractivity contribution in [1.82, 2.24) is 10.6 Å². The van der Waals surface area contributed by atoms with Crippen LogP contribution in [0.3, 0.4) is 0 Å². The number of nitrogens with one attached hydrogen (secondary N) is 2. The van der Waals surface area contributed by atoms with E-state index in [1.165, 1.54) is 0 Å². The molecule has 0 bridgehead atoms. The van der Waals surface area contributed by atoms with Gasteiger partial charge in [0.05, 0.1) is 12.7 Å². The van der Waals surface area contributed by atoms with Gasteiger partial charge in [-0.1, -0.05) is 0 Å². The Morgan fingerprint density at radius 1 is 1.69 bits per heavy atom. The molecule has 0 radical (unpaired) electrons. The number of carbonyl (C=O) groups is 1. The summed E-state index contributed by atoms with van der Waals surface area (Å²) in [5.74, 6) is 0.983. The van der Waals surface area contributed by atoms with Gasteiger partial charge >= 0.3 is 0 Å². The molecule has 1 rings (SSSR count). The second kappa shape index (κ2) is 8.17. The number of rotatable bonds is 4. The van der Waals surface area contributed by atoms with E-state index in [1.54, 1.807) is 11.8 Å². The molecule has 2 N–H and O–H groups in total. The van der Waals surface area contributed by atoms with Crippen LogP contribution in [0.1, 0.15) is 13.8 Å². The van der Waals surface area contributed by atoms with Gasteiger partial charge in [-0.15, -0.1) is 12.4 Å². The van der Waals surface area contributed by atoms with Gasteiger partial charge in [-0.2, -0.15) is 11.8 Å². The van der Waals surface area contributed by atoms with Crippen molar-refractivity contribution in [1.29, 1.82) is 0 Å². The van der Waals surface area contributed by atoms with E-state index in [0.29, 0.717) is 6.61 Å². The zero-order valence-electron chi connectivity index (χ0n) is 9.99.